The van der Waals surface area contributed by atoms with Crippen molar-refractivity contribution in [2.45, 2.75) is 38.1 Å². The van der Waals surface area contributed by atoms with Crippen molar-refractivity contribution in [3.05, 3.63) is 65.7 Å². The molecule has 144 valence electrons. The predicted molar refractivity (Wildman–Crippen MR) is 114 cm³/mol. The van der Waals surface area contributed by atoms with Gasteiger partial charge in [0.05, 0.1) is 5.54 Å². The zero-order valence-corrected chi connectivity index (χ0v) is 16.7. The Balaban J connectivity index is 0.00000312. The van der Waals surface area contributed by atoms with E-state index in [2.05, 4.69) is 29.6 Å². The number of aryl methyl sites for hydroxylation is 1. The molecule has 0 heterocycles. The van der Waals surface area contributed by atoms with Crippen molar-refractivity contribution in [1.82, 2.24) is 0 Å². The molecule has 2 aromatic rings. The van der Waals surface area contributed by atoms with E-state index in [9.17, 15) is 4.79 Å². The van der Waals surface area contributed by atoms with Gasteiger partial charge < -0.3 is 16.8 Å². The summed E-state index contributed by atoms with van der Waals surface area (Å²) in [5.41, 5.74) is 13.7. The molecule has 0 radical (unpaired) electrons. The van der Waals surface area contributed by atoms with Gasteiger partial charge in [0.25, 0.3) is 0 Å². The number of benzene rings is 2. The third kappa shape index (κ3) is 8.09. The number of amides is 1. The van der Waals surface area contributed by atoms with Crippen LogP contribution in [-0.2, 0) is 17.6 Å². The molecule has 0 fully saturated rings. The van der Waals surface area contributed by atoms with Gasteiger partial charge in [0.1, 0.15) is 0 Å². The Morgan fingerprint density at radius 1 is 0.962 bits per heavy atom. The molecule has 4 nitrogen and oxygen atoms in total. The molecule has 0 spiro atoms. The number of unbranched alkanes of at least 4 members (excludes halogenated alkanes) is 1. The van der Waals surface area contributed by atoms with E-state index in [0.717, 1.165) is 30.6 Å². The third-order valence-electron chi connectivity index (χ3n) is 4.15. The Morgan fingerprint density at radius 2 is 1.58 bits per heavy atom. The van der Waals surface area contributed by atoms with Crippen LogP contribution in [-0.4, -0.2) is 18.0 Å². The molecule has 2 rings (SSSR count). The van der Waals surface area contributed by atoms with E-state index < -0.39 is 11.4 Å². The highest BCUT2D eigenvalue weighted by Gasteiger charge is 2.25. The SMILES string of the molecule is CC(N)(Cc1ccc(NCCCCc2ccccc2)cc1)C(N)=O.Cl.Cl. The summed E-state index contributed by atoms with van der Waals surface area (Å²) < 4.78 is 0. The normalized spacial score (nSPS) is 12.2. The molecule has 1 unspecified atom stereocenters. The minimum atomic E-state index is -1.01. The Morgan fingerprint density at radius 3 is 2.15 bits per heavy atom. The van der Waals surface area contributed by atoms with Crippen molar-refractivity contribution >= 4 is 36.4 Å². The van der Waals surface area contributed by atoms with E-state index in [-0.39, 0.29) is 24.8 Å². The van der Waals surface area contributed by atoms with E-state index in [0.29, 0.717) is 6.42 Å². The number of carbonyl (C=O) groups excluding carboxylic acids is 1. The molecule has 5 N–H and O–H groups in total. The van der Waals surface area contributed by atoms with E-state index in [1.54, 1.807) is 6.92 Å². The minimum Gasteiger partial charge on any atom is -0.385 e. The molecule has 0 aliphatic carbocycles. The van der Waals surface area contributed by atoms with Crippen LogP contribution < -0.4 is 16.8 Å². The maximum atomic E-state index is 11.3. The Hall–Kier alpha value is -1.75. The van der Waals surface area contributed by atoms with Gasteiger partial charge in [-0.05, 0) is 55.9 Å². The molecule has 0 saturated carbocycles. The highest BCUT2D eigenvalue weighted by Crippen LogP contribution is 2.15. The molecular formula is C20H29Cl2N3O. The second-order valence-corrected chi connectivity index (χ2v) is 6.52. The van der Waals surface area contributed by atoms with Gasteiger partial charge >= 0.3 is 0 Å². The van der Waals surface area contributed by atoms with E-state index in [1.807, 2.05) is 30.3 Å². The van der Waals surface area contributed by atoms with Crippen molar-refractivity contribution in [2.75, 3.05) is 11.9 Å². The summed E-state index contributed by atoms with van der Waals surface area (Å²) in [5.74, 6) is -0.483. The smallest absolute Gasteiger partial charge is 0.237 e. The fourth-order valence-electron chi connectivity index (χ4n) is 2.58. The average Bonchev–Trinajstić information content (AvgIpc) is 2.56. The first kappa shape index (κ1) is 24.2. The zero-order chi connectivity index (χ0) is 17.4. The molecule has 0 bridgehead atoms. The van der Waals surface area contributed by atoms with Crippen LogP contribution in [0.3, 0.4) is 0 Å². The number of hydrogen-bond donors (Lipinski definition) is 3. The van der Waals surface area contributed by atoms with Crippen LogP contribution in [0.2, 0.25) is 0 Å². The van der Waals surface area contributed by atoms with Crippen molar-refractivity contribution in [3.8, 4) is 0 Å². The van der Waals surface area contributed by atoms with Gasteiger partial charge in [0, 0.05) is 12.2 Å². The van der Waals surface area contributed by atoms with Crippen molar-refractivity contribution < 1.29 is 4.79 Å². The first-order valence-electron chi connectivity index (χ1n) is 8.43. The van der Waals surface area contributed by atoms with Crippen molar-refractivity contribution in [1.29, 1.82) is 0 Å². The summed E-state index contributed by atoms with van der Waals surface area (Å²) in [6.45, 7) is 2.61. The van der Waals surface area contributed by atoms with Crippen LogP contribution in [0.15, 0.2) is 54.6 Å². The molecule has 0 aliphatic heterocycles. The zero-order valence-electron chi connectivity index (χ0n) is 15.1. The second-order valence-electron chi connectivity index (χ2n) is 6.52. The van der Waals surface area contributed by atoms with Crippen LogP contribution in [0.1, 0.15) is 30.9 Å². The number of primary amides is 1. The number of halogens is 2. The topological polar surface area (TPSA) is 81.1 Å². The first-order chi connectivity index (χ1) is 11.5. The van der Waals surface area contributed by atoms with Gasteiger partial charge in [-0.2, -0.15) is 0 Å². The predicted octanol–water partition coefficient (Wildman–Crippen LogP) is 3.71. The third-order valence-corrected chi connectivity index (χ3v) is 4.15. The highest BCUT2D eigenvalue weighted by molar-refractivity contribution is 5.85. The summed E-state index contributed by atoms with van der Waals surface area (Å²) >= 11 is 0. The maximum absolute atomic E-state index is 11.3. The van der Waals surface area contributed by atoms with Gasteiger partial charge in [0.2, 0.25) is 5.91 Å². The van der Waals surface area contributed by atoms with Crippen LogP contribution in [0, 0.1) is 0 Å². The molecule has 1 atom stereocenters. The summed E-state index contributed by atoms with van der Waals surface area (Å²) in [6, 6.07) is 18.6. The lowest BCUT2D eigenvalue weighted by molar-refractivity contribution is -0.122. The lowest BCUT2D eigenvalue weighted by Crippen LogP contribution is -2.51. The van der Waals surface area contributed by atoms with Gasteiger partial charge in [-0.15, -0.1) is 24.8 Å². The van der Waals surface area contributed by atoms with Crippen LogP contribution in [0.5, 0.6) is 0 Å². The van der Waals surface area contributed by atoms with Gasteiger partial charge in [-0.25, -0.2) is 0 Å². The standard InChI is InChI=1S/C20H27N3O.2ClH/c1-20(22,19(21)24)15-17-10-12-18(13-11-17)23-14-6-5-9-16-7-3-2-4-8-16;;/h2-4,7-8,10-13,23H,5-6,9,14-15,22H2,1H3,(H2,21,24);2*1H. The Kier molecular flexibility index (Phi) is 11.0. The number of hydrogen-bond acceptors (Lipinski definition) is 3. The van der Waals surface area contributed by atoms with Crippen LogP contribution in [0.25, 0.3) is 0 Å². The molecule has 6 heteroatoms. The lowest BCUT2D eigenvalue weighted by atomic mass is 9.93. The number of carbonyl (C=O) groups is 1. The number of rotatable bonds is 9. The molecule has 0 aromatic heterocycles. The number of anilines is 1. The summed E-state index contributed by atoms with van der Waals surface area (Å²) in [5, 5.41) is 3.42. The van der Waals surface area contributed by atoms with E-state index in [1.165, 1.54) is 12.0 Å². The average molecular weight is 398 g/mol. The largest absolute Gasteiger partial charge is 0.385 e. The fraction of sp³-hybridized carbons (Fsp3) is 0.350. The number of nitrogens with two attached hydrogens (primary N) is 2. The summed E-state index contributed by atoms with van der Waals surface area (Å²) in [7, 11) is 0. The van der Waals surface area contributed by atoms with Crippen LogP contribution in [0.4, 0.5) is 5.69 Å². The van der Waals surface area contributed by atoms with E-state index >= 15 is 0 Å². The molecular weight excluding hydrogens is 369 g/mol. The summed E-state index contributed by atoms with van der Waals surface area (Å²) in [4.78, 5) is 11.3. The molecule has 0 aliphatic rings. The van der Waals surface area contributed by atoms with Crippen LogP contribution >= 0.6 is 24.8 Å². The monoisotopic (exact) mass is 397 g/mol. The fourth-order valence-corrected chi connectivity index (χ4v) is 2.58. The van der Waals surface area contributed by atoms with Crippen molar-refractivity contribution in [2.24, 2.45) is 11.5 Å². The molecule has 0 saturated heterocycles. The molecule has 26 heavy (non-hydrogen) atoms. The Bertz CT molecular complexity index is 646. The molecule has 2 aromatic carbocycles. The molecule has 1 amide bonds. The highest BCUT2D eigenvalue weighted by atomic mass is 35.5. The number of nitrogens with one attached hydrogen (secondary N) is 1. The Labute approximate surface area is 168 Å². The lowest BCUT2D eigenvalue weighted by Gasteiger charge is -2.20. The van der Waals surface area contributed by atoms with Gasteiger partial charge in [-0.3, -0.25) is 4.79 Å². The van der Waals surface area contributed by atoms with Gasteiger partial charge in [-0.1, -0.05) is 42.5 Å². The minimum absolute atomic E-state index is 0. The maximum Gasteiger partial charge on any atom is 0.237 e. The summed E-state index contributed by atoms with van der Waals surface area (Å²) in [6.07, 6.45) is 3.85. The van der Waals surface area contributed by atoms with Crippen molar-refractivity contribution in [3.63, 3.8) is 0 Å². The first-order valence-corrected chi connectivity index (χ1v) is 8.43. The quantitative estimate of drug-likeness (QED) is 0.564. The second kappa shape index (κ2) is 11.8. The van der Waals surface area contributed by atoms with Gasteiger partial charge in [0.15, 0.2) is 0 Å². The van der Waals surface area contributed by atoms with E-state index in [4.69, 9.17) is 11.5 Å².